The molecule has 0 unspecified atom stereocenters. The van der Waals surface area contributed by atoms with Crippen LogP contribution in [-0.4, -0.2) is 39.6 Å². The highest BCUT2D eigenvalue weighted by molar-refractivity contribution is 5.94. The fourth-order valence-electron chi connectivity index (χ4n) is 2.96. The van der Waals surface area contributed by atoms with Crippen molar-refractivity contribution in [2.75, 3.05) is 13.7 Å². The summed E-state index contributed by atoms with van der Waals surface area (Å²) in [4.78, 5) is 19.0. The number of carbonyl (C=O) groups is 1. The largest absolute Gasteiger partial charge is 0.380 e. The summed E-state index contributed by atoms with van der Waals surface area (Å²) in [5.41, 5.74) is 1.70. The SMILES string of the molecule is COCc1cccc(C(=O)N2CCCC[C@H]2c2ncn[nH]2)c1. The Bertz CT molecular complexity index is 627. The first kappa shape index (κ1) is 14.7. The number of carbonyl (C=O) groups excluding carboxylic acids is 1. The van der Waals surface area contributed by atoms with Gasteiger partial charge in [-0.2, -0.15) is 5.10 Å². The monoisotopic (exact) mass is 300 g/mol. The lowest BCUT2D eigenvalue weighted by Crippen LogP contribution is -2.39. The zero-order chi connectivity index (χ0) is 15.4. The number of aromatic nitrogens is 3. The maximum Gasteiger partial charge on any atom is 0.254 e. The first-order valence-corrected chi connectivity index (χ1v) is 7.53. The van der Waals surface area contributed by atoms with Gasteiger partial charge in [-0.15, -0.1) is 0 Å². The van der Waals surface area contributed by atoms with Gasteiger partial charge >= 0.3 is 0 Å². The van der Waals surface area contributed by atoms with Crippen LogP contribution in [0.25, 0.3) is 0 Å². The van der Waals surface area contributed by atoms with E-state index in [2.05, 4.69) is 15.2 Å². The van der Waals surface area contributed by atoms with Crippen LogP contribution in [0.3, 0.4) is 0 Å². The van der Waals surface area contributed by atoms with E-state index in [4.69, 9.17) is 4.74 Å². The molecule has 1 N–H and O–H groups in total. The second kappa shape index (κ2) is 6.70. The average molecular weight is 300 g/mol. The third-order valence-corrected chi connectivity index (χ3v) is 4.00. The molecule has 0 aliphatic carbocycles. The van der Waals surface area contributed by atoms with Gasteiger partial charge in [0.25, 0.3) is 5.91 Å². The third kappa shape index (κ3) is 3.01. The van der Waals surface area contributed by atoms with Crippen LogP contribution in [0.15, 0.2) is 30.6 Å². The van der Waals surface area contributed by atoms with Gasteiger partial charge < -0.3 is 9.64 Å². The van der Waals surface area contributed by atoms with Crippen molar-refractivity contribution in [1.82, 2.24) is 20.1 Å². The van der Waals surface area contributed by atoms with E-state index in [0.29, 0.717) is 12.2 Å². The number of amides is 1. The molecule has 1 atom stereocenters. The van der Waals surface area contributed by atoms with Gasteiger partial charge in [-0.3, -0.25) is 9.89 Å². The molecule has 0 spiro atoms. The minimum absolute atomic E-state index is 0.0187. The van der Waals surface area contributed by atoms with Crippen molar-refractivity contribution in [3.8, 4) is 0 Å². The molecule has 116 valence electrons. The van der Waals surface area contributed by atoms with Crippen molar-refractivity contribution in [2.24, 2.45) is 0 Å². The zero-order valence-corrected chi connectivity index (χ0v) is 12.7. The molecular weight excluding hydrogens is 280 g/mol. The molecule has 2 heterocycles. The smallest absolute Gasteiger partial charge is 0.254 e. The Labute approximate surface area is 129 Å². The van der Waals surface area contributed by atoms with Crippen LogP contribution in [0.1, 0.15) is 47.1 Å². The Balaban J connectivity index is 1.84. The number of aromatic amines is 1. The van der Waals surface area contributed by atoms with Crippen LogP contribution < -0.4 is 0 Å². The summed E-state index contributed by atoms with van der Waals surface area (Å²) in [5.74, 6) is 0.806. The second-order valence-electron chi connectivity index (χ2n) is 5.51. The van der Waals surface area contributed by atoms with Crippen LogP contribution in [0, 0.1) is 0 Å². The number of hydrogen-bond donors (Lipinski definition) is 1. The summed E-state index contributed by atoms with van der Waals surface area (Å²) in [5, 5.41) is 6.81. The van der Waals surface area contributed by atoms with E-state index in [1.807, 2.05) is 29.2 Å². The van der Waals surface area contributed by atoms with Crippen LogP contribution in [0.2, 0.25) is 0 Å². The minimum atomic E-state index is -0.0187. The lowest BCUT2D eigenvalue weighted by Gasteiger charge is -2.34. The van der Waals surface area contributed by atoms with Gasteiger partial charge in [-0.1, -0.05) is 12.1 Å². The molecule has 1 aromatic heterocycles. The molecule has 0 saturated carbocycles. The van der Waals surface area contributed by atoms with Crippen molar-refractivity contribution >= 4 is 5.91 Å². The Morgan fingerprint density at radius 1 is 1.45 bits per heavy atom. The van der Waals surface area contributed by atoms with E-state index in [-0.39, 0.29) is 11.9 Å². The van der Waals surface area contributed by atoms with E-state index < -0.39 is 0 Å². The molecule has 6 heteroatoms. The quantitative estimate of drug-likeness (QED) is 0.940. The lowest BCUT2D eigenvalue weighted by molar-refractivity contribution is 0.0600. The molecule has 6 nitrogen and oxygen atoms in total. The maximum absolute atomic E-state index is 12.9. The topological polar surface area (TPSA) is 71.1 Å². The maximum atomic E-state index is 12.9. The Morgan fingerprint density at radius 3 is 3.14 bits per heavy atom. The molecule has 3 rings (SSSR count). The van der Waals surface area contributed by atoms with E-state index in [0.717, 1.165) is 37.2 Å². The van der Waals surface area contributed by atoms with Gasteiger partial charge in [0.05, 0.1) is 12.6 Å². The average Bonchev–Trinajstić information content (AvgIpc) is 3.09. The summed E-state index contributed by atoms with van der Waals surface area (Å²) < 4.78 is 5.14. The molecule has 0 bridgehead atoms. The third-order valence-electron chi connectivity index (χ3n) is 4.00. The summed E-state index contributed by atoms with van der Waals surface area (Å²) in [6.07, 6.45) is 4.53. The first-order chi connectivity index (χ1) is 10.8. The molecule has 1 aliphatic heterocycles. The summed E-state index contributed by atoms with van der Waals surface area (Å²) in [6, 6.07) is 7.60. The fourth-order valence-corrected chi connectivity index (χ4v) is 2.96. The Morgan fingerprint density at radius 2 is 2.36 bits per heavy atom. The van der Waals surface area contributed by atoms with Crippen LogP contribution in [0.5, 0.6) is 0 Å². The van der Waals surface area contributed by atoms with Crippen molar-refractivity contribution < 1.29 is 9.53 Å². The number of H-pyrrole nitrogens is 1. The highest BCUT2D eigenvalue weighted by atomic mass is 16.5. The molecule has 22 heavy (non-hydrogen) atoms. The van der Waals surface area contributed by atoms with Crippen molar-refractivity contribution in [1.29, 1.82) is 0 Å². The zero-order valence-electron chi connectivity index (χ0n) is 12.7. The molecule has 1 saturated heterocycles. The highest BCUT2D eigenvalue weighted by Crippen LogP contribution is 2.30. The van der Waals surface area contributed by atoms with Crippen molar-refractivity contribution in [2.45, 2.75) is 31.9 Å². The number of ether oxygens (including phenoxy) is 1. The molecule has 2 aromatic rings. The van der Waals surface area contributed by atoms with Gasteiger partial charge in [0.2, 0.25) is 0 Å². The number of hydrogen-bond acceptors (Lipinski definition) is 4. The summed E-state index contributed by atoms with van der Waals surface area (Å²) >= 11 is 0. The number of piperidine rings is 1. The Kier molecular flexibility index (Phi) is 4.48. The highest BCUT2D eigenvalue weighted by Gasteiger charge is 2.30. The van der Waals surface area contributed by atoms with Gasteiger partial charge in [-0.05, 0) is 37.0 Å². The summed E-state index contributed by atoms with van der Waals surface area (Å²) in [6.45, 7) is 1.26. The van der Waals surface area contributed by atoms with Crippen molar-refractivity contribution in [3.05, 3.63) is 47.5 Å². The number of nitrogens with one attached hydrogen (secondary N) is 1. The standard InChI is InChI=1S/C16H20N4O2/c1-22-10-12-5-4-6-13(9-12)16(21)20-8-3-2-7-14(20)15-17-11-18-19-15/h4-6,9,11,14H,2-3,7-8,10H2,1H3,(H,17,18,19)/t14-/m0/s1. The predicted molar refractivity (Wildman–Crippen MR) is 81.2 cm³/mol. The molecule has 1 aromatic carbocycles. The molecular formula is C16H20N4O2. The number of nitrogens with zero attached hydrogens (tertiary/aromatic N) is 3. The van der Waals surface area contributed by atoms with E-state index in [9.17, 15) is 4.79 Å². The second-order valence-corrected chi connectivity index (χ2v) is 5.51. The van der Waals surface area contributed by atoms with Crippen LogP contribution in [0.4, 0.5) is 0 Å². The van der Waals surface area contributed by atoms with Gasteiger partial charge in [0, 0.05) is 19.2 Å². The molecule has 0 radical (unpaired) electrons. The van der Waals surface area contributed by atoms with Gasteiger partial charge in [0.1, 0.15) is 12.2 Å². The van der Waals surface area contributed by atoms with Crippen LogP contribution in [-0.2, 0) is 11.3 Å². The summed E-state index contributed by atoms with van der Waals surface area (Å²) in [7, 11) is 1.65. The molecule has 1 aliphatic rings. The number of benzene rings is 1. The Hall–Kier alpha value is -2.21. The normalized spacial score (nSPS) is 18.4. The van der Waals surface area contributed by atoms with E-state index in [1.54, 1.807) is 7.11 Å². The van der Waals surface area contributed by atoms with E-state index >= 15 is 0 Å². The number of likely N-dealkylation sites (tertiary alicyclic amines) is 1. The lowest BCUT2D eigenvalue weighted by atomic mass is 9.99. The van der Waals surface area contributed by atoms with Gasteiger partial charge in [0.15, 0.2) is 0 Å². The van der Waals surface area contributed by atoms with Crippen LogP contribution >= 0.6 is 0 Å². The molecule has 1 fully saturated rings. The first-order valence-electron chi connectivity index (χ1n) is 7.53. The number of rotatable bonds is 4. The van der Waals surface area contributed by atoms with Crippen molar-refractivity contribution in [3.63, 3.8) is 0 Å². The van der Waals surface area contributed by atoms with E-state index in [1.165, 1.54) is 6.33 Å². The minimum Gasteiger partial charge on any atom is -0.380 e. The predicted octanol–water partition coefficient (Wildman–Crippen LogP) is 2.32. The number of methoxy groups -OCH3 is 1. The fraction of sp³-hybridized carbons (Fsp3) is 0.438. The van der Waals surface area contributed by atoms with Gasteiger partial charge in [-0.25, -0.2) is 4.98 Å². The molecule has 1 amide bonds.